The Labute approximate surface area is 121 Å². The van der Waals surface area contributed by atoms with E-state index in [2.05, 4.69) is 9.71 Å². The molecule has 0 saturated heterocycles. The summed E-state index contributed by atoms with van der Waals surface area (Å²) in [4.78, 5) is 3.84. The molecular weight excluding hydrogens is 320 g/mol. The summed E-state index contributed by atoms with van der Waals surface area (Å²) in [6, 6.07) is 5.19. The summed E-state index contributed by atoms with van der Waals surface area (Å²) in [6.45, 7) is 1.75. The Morgan fingerprint density at radius 2 is 1.80 bits per heavy atom. The molecule has 1 aromatic carbocycles. The first-order valence-electron chi connectivity index (χ1n) is 5.43. The molecule has 1 aromatic heterocycles. The number of nitrogens with one attached hydrogen (secondary N) is 1. The quantitative estimate of drug-likeness (QED) is 0.919. The third kappa shape index (κ3) is 3.35. The van der Waals surface area contributed by atoms with Crippen LogP contribution in [0.4, 0.5) is 5.13 Å². The van der Waals surface area contributed by atoms with Crippen molar-refractivity contribution in [3.63, 3.8) is 0 Å². The van der Waals surface area contributed by atoms with Crippen molar-refractivity contribution >= 4 is 36.3 Å². The predicted octanol–water partition coefficient (Wildman–Crippen LogP) is 1.66. The van der Waals surface area contributed by atoms with Gasteiger partial charge in [-0.15, -0.1) is 11.3 Å². The molecule has 1 heterocycles. The molecule has 2 rings (SSSR count). The zero-order valence-corrected chi connectivity index (χ0v) is 13.1. The predicted molar refractivity (Wildman–Crippen MR) is 77.2 cm³/mol. The van der Waals surface area contributed by atoms with E-state index in [4.69, 9.17) is 0 Å². The van der Waals surface area contributed by atoms with Crippen LogP contribution in [0.2, 0.25) is 0 Å². The Bertz CT molecular complexity index is 838. The van der Waals surface area contributed by atoms with E-state index in [1.807, 2.05) is 0 Å². The Balaban J connectivity index is 2.40. The maximum Gasteiger partial charge on any atom is 0.263 e. The van der Waals surface area contributed by atoms with Gasteiger partial charge in [0.25, 0.3) is 10.0 Å². The summed E-state index contributed by atoms with van der Waals surface area (Å²) in [7, 11) is -7.31. The Kier molecular flexibility index (Phi) is 3.85. The van der Waals surface area contributed by atoms with Crippen LogP contribution in [0.5, 0.6) is 0 Å². The van der Waals surface area contributed by atoms with Crippen LogP contribution in [0.1, 0.15) is 5.69 Å². The molecule has 0 saturated carbocycles. The van der Waals surface area contributed by atoms with Crippen LogP contribution < -0.4 is 4.72 Å². The number of nitrogens with zero attached hydrogens (tertiary/aromatic N) is 1. The van der Waals surface area contributed by atoms with Gasteiger partial charge in [-0.3, -0.25) is 4.72 Å². The first-order chi connectivity index (χ1) is 9.18. The molecule has 0 spiro atoms. The van der Waals surface area contributed by atoms with Crippen LogP contribution in [0.3, 0.4) is 0 Å². The van der Waals surface area contributed by atoms with Crippen molar-refractivity contribution < 1.29 is 16.8 Å². The van der Waals surface area contributed by atoms with E-state index in [0.717, 1.165) is 23.7 Å². The number of sulfone groups is 1. The second-order valence-electron chi connectivity index (χ2n) is 4.15. The summed E-state index contributed by atoms with van der Waals surface area (Å²) in [6.07, 6.45) is 1.02. The molecule has 0 fully saturated rings. The average Bonchev–Trinajstić information content (AvgIpc) is 2.73. The molecule has 9 heteroatoms. The van der Waals surface area contributed by atoms with E-state index < -0.39 is 19.9 Å². The van der Waals surface area contributed by atoms with Crippen molar-refractivity contribution in [2.45, 2.75) is 16.7 Å². The lowest BCUT2D eigenvalue weighted by Gasteiger charge is -2.06. The average molecular weight is 332 g/mol. The number of hydrogen-bond acceptors (Lipinski definition) is 6. The minimum Gasteiger partial charge on any atom is -0.255 e. The molecule has 108 valence electrons. The van der Waals surface area contributed by atoms with Crippen LogP contribution >= 0.6 is 11.3 Å². The monoisotopic (exact) mass is 332 g/mol. The number of sulfonamides is 1. The van der Waals surface area contributed by atoms with Crippen molar-refractivity contribution in [2.24, 2.45) is 0 Å². The molecule has 0 radical (unpaired) electrons. The lowest BCUT2D eigenvalue weighted by molar-refractivity contribution is 0.599. The van der Waals surface area contributed by atoms with Crippen molar-refractivity contribution in [1.82, 2.24) is 4.98 Å². The van der Waals surface area contributed by atoms with Gasteiger partial charge in [0.15, 0.2) is 15.0 Å². The topological polar surface area (TPSA) is 93.2 Å². The zero-order chi connectivity index (χ0) is 15.0. The van der Waals surface area contributed by atoms with Gasteiger partial charge in [0.05, 0.1) is 15.5 Å². The van der Waals surface area contributed by atoms with Crippen molar-refractivity contribution in [1.29, 1.82) is 0 Å². The van der Waals surface area contributed by atoms with E-state index in [0.29, 0.717) is 5.69 Å². The molecule has 0 aliphatic rings. The summed E-state index contributed by atoms with van der Waals surface area (Å²) in [5.41, 5.74) is 0.706. The highest BCUT2D eigenvalue weighted by Gasteiger charge is 2.18. The maximum atomic E-state index is 12.2. The Morgan fingerprint density at radius 1 is 1.15 bits per heavy atom. The number of hydrogen-bond donors (Lipinski definition) is 1. The largest absolute Gasteiger partial charge is 0.263 e. The van der Waals surface area contributed by atoms with Crippen molar-refractivity contribution in [2.75, 3.05) is 11.0 Å². The van der Waals surface area contributed by atoms with Crippen LogP contribution in [-0.4, -0.2) is 28.1 Å². The molecule has 0 atom stereocenters. The Morgan fingerprint density at radius 3 is 2.35 bits per heavy atom. The van der Waals surface area contributed by atoms with Gasteiger partial charge in [-0.05, 0) is 25.1 Å². The van der Waals surface area contributed by atoms with Crippen LogP contribution in [0.25, 0.3) is 0 Å². The first kappa shape index (κ1) is 14.9. The molecule has 0 unspecified atom stereocenters. The van der Waals surface area contributed by atoms with Gasteiger partial charge in [-0.2, -0.15) is 0 Å². The van der Waals surface area contributed by atoms with Crippen LogP contribution in [0.15, 0.2) is 39.4 Å². The third-order valence-corrected chi connectivity index (χ3v) is 5.84. The number of aryl methyl sites for hydroxylation is 1. The van der Waals surface area contributed by atoms with E-state index >= 15 is 0 Å². The molecule has 0 aliphatic carbocycles. The van der Waals surface area contributed by atoms with Crippen LogP contribution in [-0.2, 0) is 19.9 Å². The second kappa shape index (κ2) is 5.15. The number of rotatable bonds is 4. The lowest BCUT2D eigenvalue weighted by Crippen LogP contribution is -2.13. The van der Waals surface area contributed by atoms with Crippen molar-refractivity contribution in [3.8, 4) is 0 Å². The maximum absolute atomic E-state index is 12.2. The normalized spacial score (nSPS) is 12.3. The number of thiazole rings is 1. The standard InChI is InChI=1S/C11H12N2O4S3/c1-8-7-18-11(12-8)13-20(16,17)10-5-3-4-9(6-10)19(2,14)15/h3-7H,1-2H3,(H,12,13). The highest BCUT2D eigenvalue weighted by Crippen LogP contribution is 2.21. The Hall–Kier alpha value is -1.45. The number of anilines is 1. The highest BCUT2D eigenvalue weighted by atomic mass is 32.2. The van der Waals surface area contributed by atoms with Gasteiger partial charge in [-0.25, -0.2) is 21.8 Å². The molecule has 2 aromatic rings. The molecule has 6 nitrogen and oxygen atoms in total. The molecule has 1 N–H and O–H groups in total. The SMILES string of the molecule is Cc1csc(NS(=O)(=O)c2cccc(S(C)(=O)=O)c2)n1. The second-order valence-corrected chi connectivity index (χ2v) is 8.70. The fraction of sp³-hybridized carbons (Fsp3) is 0.182. The van der Waals surface area contributed by atoms with Gasteiger partial charge in [-0.1, -0.05) is 6.07 Å². The van der Waals surface area contributed by atoms with E-state index in [9.17, 15) is 16.8 Å². The molecular formula is C11H12N2O4S3. The van der Waals surface area contributed by atoms with Gasteiger partial charge < -0.3 is 0 Å². The number of benzene rings is 1. The first-order valence-corrected chi connectivity index (χ1v) is 9.69. The lowest BCUT2D eigenvalue weighted by atomic mass is 10.4. The summed E-state index contributed by atoms with van der Waals surface area (Å²) < 4.78 is 49.5. The minimum atomic E-state index is -3.85. The minimum absolute atomic E-state index is 0.0457. The van der Waals surface area contributed by atoms with Gasteiger partial charge in [0, 0.05) is 11.6 Å². The molecule has 20 heavy (non-hydrogen) atoms. The van der Waals surface area contributed by atoms with Crippen molar-refractivity contribution in [3.05, 3.63) is 35.3 Å². The summed E-state index contributed by atoms with van der Waals surface area (Å²) in [5, 5.41) is 1.96. The van der Waals surface area contributed by atoms with Gasteiger partial charge in [0.2, 0.25) is 0 Å². The van der Waals surface area contributed by atoms with Gasteiger partial charge >= 0.3 is 0 Å². The molecule has 0 bridgehead atoms. The fourth-order valence-corrected chi connectivity index (χ4v) is 4.17. The van der Waals surface area contributed by atoms with E-state index in [1.54, 1.807) is 12.3 Å². The van der Waals surface area contributed by atoms with E-state index in [-0.39, 0.29) is 14.9 Å². The van der Waals surface area contributed by atoms with Crippen LogP contribution in [0, 0.1) is 6.92 Å². The van der Waals surface area contributed by atoms with E-state index in [1.165, 1.54) is 18.2 Å². The number of aromatic nitrogens is 1. The summed E-state index contributed by atoms with van der Waals surface area (Å²) >= 11 is 1.16. The zero-order valence-electron chi connectivity index (χ0n) is 10.7. The highest BCUT2D eigenvalue weighted by molar-refractivity contribution is 7.93. The fourth-order valence-electron chi connectivity index (χ4n) is 1.45. The third-order valence-electron chi connectivity index (χ3n) is 2.38. The molecule has 0 aliphatic heterocycles. The summed E-state index contributed by atoms with van der Waals surface area (Å²) in [5.74, 6) is 0. The smallest absolute Gasteiger partial charge is 0.255 e. The van der Waals surface area contributed by atoms with Gasteiger partial charge in [0.1, 0.15) is 0 Å². The molecule has 0 amide bonds.